The SMILES string of the molecule is CCCC(C)(N)C(=O)NCC1(C)CCCS1.Cl. The summed E-state index contributed by atoms with van der Waals surface area (Å²) in [7, 11) is 0. The van der Waals surface area contributed by atoms with Gasteiger partial charge in [-0.2, -0.15) is 11.8 Å². The highest BCUT2D eigenvalue weighted by atomic mass is 35.5. The molecule has 0 aliphatic carbocycles. The molecule has 102 valence electrons. The summed E-state index contributed by atoms with van der Waals surface area (Å²) in [5.41, 5.74) is 5.27. The van der Waals surface area contributed by atoms with Crippen LogP contribution in [0, 0.1) is 0 Å². The number of halogens is 1. The van der Waals surface area contributed by atoms with Crippen LogP contribution in [0.3, 0.4) is 0 Å². The Balaban J connectivity index is 0.00000256. The largest absolute Gasteiger partial charge is 0.353 e. The van der Waals surface area contributed by atoms with Gasteiger partial charge in [-0.3, -0.25) is 4.79 Å². The van der Waals surface area contributed by atoms with Crippen molar-refractivity contribution < 1.29 is 4.79 Å². The highest BCUT2D eigenvalue weighted by Crippen LogP contribution is 2.37. The average Bonchev–Trinajstić information content (AvgIpc) is 2.62. The van der Waals surface area contributed by atoms with Crippen LogP contribution >= 0.6 is 24.2 Å². The number of hydrogen-bond donors (Lipinski definition) is 2. The van der Waals surface area contributed by atoms with Gasteiger partial charge in [0.1, 0.15) is 0 Å². The van der Waals surface area contributed by atoms with Gasteiger partial charge in [0.25, 0.3) is 0 Å². The van der Waals surface area contributed by atoms with Crippen LogP contribution in [0.25, 0.3) is 0 Å². The lowest BCUT2D eigenvalue weighted by atomic mass is 9.96. The first kappa shape index (κ1) is 17.1. The Labute approximate surface area is 115 Å². The van der Waals surface area contributed by atoms with Crippen molar-refractivity contribution >= 4 is 30.1 Å². The Hall–Kier alpha value is 0.0700. The first-order valence-corrected chi connectivity index (χ1v) is 7.09. The summed E-state index contributed by atoms with van der Waals surface area (Å²) in [6.07, 6.45) is 4.12. The van der Waals surface area contributed by atoms with E-state index in [0.29, 0.717) is 0 Å². The van der Waals surface area contributed by atoms with Crippen molar-refractivity contribution in [3.8, 4) is 0 Å². The molecule has 2 atom stereocenters. The van der Waals surface area contributed by atoms with Gasteiger partial charge in [-0.05, 0) is 38.9 Å². The third-order valence-corrected chi connectivity index (χ3v) is 4.75. The Morgan fingerprint density at radius 1 is 1.59 bits per heavy atom. The second kappa shape index (κ2) is 6.86. The van der Waals surface area contributed by atoms with Crippen LogP contribution in [0.5, 0.6) is 0 Å². The second-order valence-electron chi connectivity index (χ2n) is 5.25. The maximum atomic E-state index is 11.9. The molecule has 1 rings (SSSR count). The summed E-state index contributed by atoms with van der Waals surface area (Å²) in [4.78, 5) is 11.9. The smallest absolute Gasteiger partial charge is 0.239 e. The lowest BCUT2D eigenvalue weighted by Crippen LogP contribution is -2.53. The topological polar surface area (TPSA) is 55.1 Å². The van der Waals surface area contributed by atoms with E-state index in [1.165, 1.54) is 18.6 Å². The molecule has 1 aliphatic heterocycles. The fourth-order valence-electron chi connectivity index (χ4n) is 2.08. The average molecular weight is 281 g/mol. The second-order valence-corrected chi connectivity index (χ2v) is 6.93. The molecule has 0 aromatic carbocycles. The molecule has 3 N–H and O–H groups in total. The van der Waals surface area contributed by atoms with Crippen molar-refractivity contribution in [2.75, 3.05) is 12.3 Å². The molecule has 1 saturated heterocycles. The Kier molecular flexibility index (Phi) is 6.89. The summed E-state index contributed by atoms with van der Waals surface area (Å²) in [5, 5.41) is 3.01. The van der Waals surface area contributed by atoms with Gasteiger partial charge in [0.15, 0.2) is 0 Å². The van der Waals surface area contributed by atoms with Crippen LogP contribution in [0.2, 0.25) is 0 Å². The van der Waals surface area contributed by atoms with Gasteiger partial charge < -0.3 is 11.1 Å². The van der Waals surface area contributed by atoms with E-state index in [1.807, 2.05) is 25.6 Å². The summed E-state index contributed by atoms with van der Waals surface area (Å²) in [6, 6.07) is 0. The molecule has 1 aliphatic rings. The van der Waals surface area contributed by atoms with Crippen molar-refractivity contribution in [1.82, 2.24) is 5.32 Å². The van der Waals surface area contributed by atoms with E-state index in [4.69, 9.17) is 5.73 Å². The predicted molar refractivity (Wildman–Crippen MR) is 77.9 cm³/mol. The van der Waals surface area contributed by atoms with Gasteiger partial charge in [-0.15, -0.1) is 12.4 Å². The van der Waals surface area contributed by atoms with E-state index in [9.17, 15) is 4.79 Å². The van der Waals surface area contributed by atoms with Gasteiger partial charge in [-0.1, -0.05) is 13.3 Å². The maximum Gasteiger partial charge on any atom is 0.239 e. The molecule has 0 bridgehead atoms. The van der Waals surface area contributed by atoms with Crippen LogP contribution in [-0.2, 0) is 4.79 Å². The number of carbonyl (C=O) groups is 1. The number of amides is 1. The van der Waals surface area contributed by atoms with Crippen molar-refractivity contribution in [1.29, 1.82) is 0 Å². The van der Waals surface area contributed by atoms with Crippen molar-refractivity contribution in [2.24, 2.45) is 5.73 Å². The van der Waals surface area contributed by atoms with E-state index in [0.717, 1.165) is 19.4 Å². The highest BCUT2D eigenvalue weighted by Gasteiger charge is 2.33. The van der Waals surface area contributed by atoms with Gasteiger partial charge in [-0.25, -0.2) is 0 Å². The summed E-state index contributed by atoms with van der Waals surface area (Å²) >= 11 is 1.96. The van der Waals surface area contributed by atoms with Gasteiger partial charge in [0.05, 0.1) is 5.54 Å². The van der Waals surface area contributed by atoms with Gasteiger partial charge in [0.2, 0.25) is 5.91 Å². The maximum absolute atomic E-state index is 11.9. The fraction of sp³-hybridized carbons (Fsp3) is 0.917. The van der Waals surface area contributed by atoms with Gasteiger partial charge in [0, 0.05) is 11.3 Å². The van der Waals surface area contributed by atoms with Crippen LogP contribution < -0.4 is 11.1 Å². The molecular weight excluding hydrogens is 256 g/mol. The number of nitrogens with two attached hydrogens (primary N) is 1. The third kappa shape index (κ3) is 5.06. The molecule has 17 heavy (non-hydrogen) atoms. The summed E-state index contributed by atoms with van der Waals surface area (Å²) < 4.78 is 0.220. The molecule has 5 heteroatoms. The predicted octanol–water partition coefficient (Wildman–Crippen LogP) is 2.33. The molecular formula is C12H25ClN2OS. The molecule has 0 aromatic heterocycles. The van der Waals surface area contributed by atoms with Crippen LogP contribution in [0.1, 0.15) is 46.5 Å². The lowest BCUT2D eigenvalue weighted by Gasteiger charge is -2.27. The minimum atomic E-state index is -0.714. The minimum absolute atomic E-state index is 0. The first-order chi connectivity index (χ1) is 7.40. The van der Waals surface area contributed by atoms with Crippen LogP contribution in [0.4, 0.5) is 0 Å². The molecule has 1 amide bonds. The third-order valence-electron chi connectivity index (χ3n) is 3.21. The van der Waals surface area contributed by atoms with E-state index < -0.39 is 5.54 Å². The first-order valence-electron chi connectivity index (χ1n) is 6.11. The zero-order valence-electron chi connectivity index (χ0n) is 11.0. The molecule has 1 heterocycles. The van der Waals surface area contributed by atoms with Crippen LogP contribution in [0.15, 0.2) is 0 Å². The number of nitrogens with one attached hydrogen (secondary N) is 1. The Morgan fingerprint density at radius 3 is 2.71 bits per heavy atom. The zero-order valence-corrected chi connectivity index (χ0v) is 12.7. The van der Waals surface area contributed by atoms with Crippen molar-refractivity contribution in [2.45, 2.75) is 56.7 Å². The monoisotopic (exact) mass is 280 g/mol. The molecule has 2 unspecified atom stereocenters. The summed E-state index contributed by atoms with van der Waals surface area (Å²) in [5.74, 6) is 1.20. The lowest BCUT2D eigenvalue weighted by molar-refractivity contribution is -0.126. The molecule has 0 spiro atoms. The van der Waals surface area contributed by atoms with Crippen molar-refractivity contribution in [3.05, 3.63) is 0 Å². The highest BCUT2D eigenvalue weighted by molar-refractivity contribution is 8.00. The molecule has 0 saturated carbocycles. The zero-order chi connectivity index (χ0) is 12.2. The fourth-order valence-corrected chi connectivity index (χ4v) is 3.32. The quantitative estimate of drug-likeness (QED) is 0.813. The summed E-state index contributed by atoms with van der Waals surface area (Å²) in [6.45, 7) is 6.83. The molecule has 1 fully saturated rings. The minimum Gasteiger partial charge on any atom is -0.353 e. The molecule has 3 nitrogen and oxygen atoms in total. The van der Waals surface area contributed by atoms with E-state index in [1.54, 1.807) is 0 Å². The number of rotatable bonds is 5. The number of carbonyl (C=O) groups excluding carboxylic acids is 1. The Morgan fingerprint density at radius 2 is 2.24 bits per heavy atom. The standard InChI is InChI=1S/C12H24N2OS.ClH/c1-4-6-12(3,13)10(15)14-9-11(2)7-5-8-16-11;/h4-9,13H2,1-3H3,(H,14,15);1H. The van der Waals surface area contributed by atoms with Crippen LogP contribution in [-0.4, -0.2) is 28.5 Å². The van der Waals surface area contributed by atoms with Gasteiger partial charge >= 0.3 is 0 Å². The Bertz CT molecular complexity index is 253. The normalized spacial score (nSPS) is 27.1. The number of thioether (sulfide) groups is 1. The molecule has 0 radical (unpaired) electrons. The van der Waals surface area contributed by atoms with E-state index in [2.05, 4.69) is 12.2 Å². The van der Waals surface area contributed by atoms with E-state index >= 15 is 0 Å². The van der Waals surface area contributed by atoms with E-state index in [-0.39, 0.29) is 23.1 Å². The van der Waals surface area contributed by atoms with Crippen molar-refractivity contribution in [3.63, 3.8) is 0 Å². The number of hydrogen-bond acceptors (Lipinski definition) is 3. The molecule has 0 aromatic rings.